The molecule has 0 radical (unpaired) electrons. The van der Waals surface area contributed by atoms with Gasteiger partial charge in [-0.15, -0.1) is 0 Å². The van der Waals surface area contributed by atoms with Crippen molar-refractivity contribution in [2.75, 3.05) is 0 Å². The Morgan fingerprint density at radius 3 is 2.52 bits per heavy atom. The summed E-state index contributed by atoms with van der Waals surface area (Å²) in [5.74, 6) is -2.98. The Morgan fingerprint density at radius 2 is 1.96 bits per heavy atom. The molecule has 0 spiro atoms. The molecule has 0 atom stereocenters. The second kappa shape index (κ2) is 6.24. The summed E-state index contributed by atoms with van der Waals surface area (Å²) in [5.41, 5.74) is -0.881. The molecule has 0 amide bonds. The number of nitrogens with zero attached hydrogens (tertiary/aromatic N) is 3. The highest BCUT2D eigenvalue weighted by molar-refractivity contribution is 9.10. The van der Waals surface area contributed by atoms with Gasteiger partial charge in [0.05, 0.1) is 15.7 Å². The molecular weight excluding hydrogens is 409 g/mol. The van der Waals surface area contributed by atoms with Crippen LogP contribution in [-0.4, -0.2) is 15.3 Å². The minimum Gasteiger partial charge on any atom is -0.302 e. The lowest BCUT2D eigenvalue weighted by Gasteiger charge is -2.28. The molecule has 2 heterocycles. The average molecular weight is 422 g/mol. The van der Waals surface area contributed by atoms with Crippen molar-refractivity contribution >= 4 is 21.6 Å². The molecule has 1 aliphatic carbocycles. The molecule has 2 aromatic heterocycles. The summed E-state index contributed by atoms with van der Waals surface area (Å²) in [5, 5.41) is 9.01. The van der Waals surface area contributed by atoms with Gasteiger partial charge in [-0.25, -0.2) is 13.8 Å². The van der Waals surface area contributed by atoms with Crippen LogP contribution < -0.4 is 0 Å². The van der Waals surface area contributed by atoms with E-state index in [9.17, 15) is 22.0 Å². The van der Waals surface area contributed by atoms with Crippen molar-refractivity contribution in [1.82, 2.24) is 9.38 Å². The minimum atomic E-state index is -4.65. The number of hydrogen-bond donors (Lipinski definition) is 0. The van der Waals surface area contributed by atoms with Crippen LogP contribution in [0.5, 0.6) is 0 Å². The van der Waals surface area contributed by atoms with E-state index in [0.29, 0.717) is 4.47 Å². The van der Waals surface area contributed by atoms with Crippen molar-refractivity contribution in [1.29, 1.82) is 5.26 Å². The fraction of sp³-hybridized carbons (Fsp3) is 0.500. The van der Waals surface area contributed by atoms with Crippen LogP contribution in [0, 0.1) is 17.2 Å². The lowest BCUT2D eigenvalue weighted by atomic mass is 9.83. The maximum Gasteiger partial charge on any atom is 0.435 e. The Hall–Kier alpha value is -1.69. The first-order valence-electron chi connectivity index (χ1n) is 7.66. The van der Waals surface area contributed by atoms with E-state index in [1.165, 1.54) is 16.7 Å². The molecule has 2 aromatic rings. The summed E-state index contributed by atoms with van der Waals surface area (Å²) in [6, 6.07) is 3.16. The maximum atomic E-state index is 13.4. The van der Waals surface area contributed by atoms with Crippen LogP contribution in [0.3, 0.4) is 0 Å². The van der Waals surface area contributed by atoms with Crippen molar-refractivity contribution in [3.8, 4) is 6.07 Å². The summed E-state index contributed by atoms with van der Waals surface area (Å²) in [4.78, 5) is 3.65. The van der Waals surface area contributed by atoms with Gasteiger partial charge in [0.2, 0.25) is 5.92 Å². The SMILES string of the molecule is N#Cc1cc2nc(C(F)(F)F)c(CC3CCC(F)(F)CC3)n2cc1Br. The van der Waals surface area contributed by atoms with E-state index in [-0.39, 0.29) is 54.9 Å². The zero-order valence-electron chi connectivity index (χ0n) is 12.9. The molecular formula is C16H13BrF5N3. The van der Waals surface area contributed by atoms with Crippen LogP contribution in [0.1, 0.15) is 42.6 Å². The molecule has 0 aliphatic heterocycles. The van der Waals surface area contributed by atoms with Crippen LogP contribution in [0.4, 0.5) is 22.0 Å². The highest BCUT2D eigenvalue weighted by Gasteiger charge is 2.40. The number of nitriles is 1. The van der Waals surface area contributed by atoms with Gasteiger partial charge in [-0.2, -0.15) is 18.4 Å². The number of rotatable bonds is 2. The van der Waals surface area contributed by atoms with Crippen molar-refractivity contribution in [3.63, 3.8) is 0 Å². The van der Waals surface area contributed by atoms with Gasteiger partial charge in [0.1, 0.15) is 11.7 Å². The number of aromatic nitrogens is 2. The molecule has 0 N–H and O–H groups in total. The molecule has 0 unspecified atom stereocenters. The quantitative estimate of drug-likeness (QED) is 0.612. The lowest BCUT2D eigenvalue weighted by molar-refractivity contribution is -0.141. The van der Waals surface area contributed by atoms with E-state index in [4.69, 9.17) is 5.26 Å². The van der Waals surface area contributed by atoms with Gasteiger partial charge < -0.3 is 4.40 Å². The molecule has 0 saturated heterocycles. The van der Waals surface area contributed by atoms with Crippen LogP contribution in [-0.2, 0) is 12.6 Å². The largest absolute Gasteiger partial charge is 0.435 e. The maximum absolute atomic E-state index is 13.4. The molecule has 0 bridgehead atoms. The van der Waals surface area contributed by atoms with Crippen LogP contribution in [0.15, 0.2) is 16.7 Å². The van der Waals surface area contributed by atoms with E-state index in [2.05, 4.69) is 20.9 Å². The monoisotopic (exact) mass is 421 g/mol. The lowest BCUT2D eigenvalue weighted by Crippen LogP contribution is -2.26. The third-order valence-corrected chi connectivity index (χ3v) is 5.15. The molecule has 134 valence electrons. The zero-order valence-corrected chi connectivity index (χ0v) is 14.5. The average Bonchev–Trinajstić information content (AvgIpc) is 2.86. The van der Waals surface area contributed by atoms with E-state index >= 15 is 0 Å². The first-order chi connectivity index (χ1) is 11.6. The molecule has 3 nitrogen and oxygen atoms in total. The molecule has 3 rings (SSSR count). The van der Waals surface area contributed by atoms with Gasteiger partial charge in [-0.3, -0.25) is 0 Å². The Labute approximate surface area is 148 Å². The van der Waals surface area contributed by atoms with Crippen molar-refractivity contribution in [2.24, 2.45) is 5.92 Å². The molecule has 1 aliphatic rings. The summed E-state index contributed by atoms with van der Waals surface area (Å²) in [6.45, 7) is 0. The predicted molar refractivity (Wildman–Crippen MR) is 83.2 cm³/mol. The van der Waals surface area contributed by atoms with E-state index in [1.807, 2.05) is 6.07 Å². The van der Waals surface area contributed by atoms with Gasteiger partial charge in [-0.05, 0) is 41.1 Å². The second-order valence-electron chi connectivity index (χ2n) is 6.28. The standard InChI is InChI=1S/C16H13BrF5N3/c17-11-8-25-12(5-9-1-3-15(18,19)4-2-9)14(16(20,21)22)24-13(25)6-10(11)7-23/h6,8-9H,1-5H2. The van der Waals surface area contributed by atoms with E-state index in [1.54, 1.807) is 0 Å². The molecule has 1 saturated carbocycles. The third kappa shape index (κ3) is 3.64. The minimum absolute atomic E-state index is 0.0169. The van der Waals surface area contributed by atoms with Crippen LogP contribution >= 0.6 is 15.9 Å². The number of pyridine rings is 1. The highest BCUT2D eigenvalue weighted by atomic mass is 79.9. The Bertz CT molecular complexity index is 840. The van der Waals surface area contributed by atoms with E-state index in [0.717, 1.165) is 0 Å². The number of halogens is 6. The second-order valence-corrected chi connectivity index (χ2v) is 7.14. The number of imidazole rings is 1. The molecule has 0 aromatic carbocycles. The smallest absolute Gasteiger partial charge is 0.302 e. The summed E-state index contributed by atoms with van der Waals surface area (Å²) in [7, 11) is 0. The van der Waals surface area contributed by atoms with Crippen molar-refractivity contribution in [3.05, 3.63) is 33.7 Å². The van der Waals surface area contributed by atoms with Gasteiger partial charge >= 0.3 is 6.18 Å². The van der Waals surface area contributed by atoms with Gasteiger partial charge in [0.15, 0.2) is 5.69 Å². The summed E-state index contributed by atoms with van der Waals surface area (Å²) >= 11 is 3.16. The molecule has 25 heavy (non-hydrogen) atoms. The number of hydrogen-bond acceptors (Lipinski definition) is 2. The van der Waals surface area contributed by atoms with Crippen LogP contribution in [0.2, 0.25) is 0 Å². The summed E-state index contributed by atoms with van der Waals surface area (Å²) in [6.07, 6.45) is -3.52. The predicted octanol–water partition coefficient (Wildman–Crippen LogP) is 5.36. The zero-order chi connectivity index (χ0) is 18.4. The van der Waals surface area contributed by atoms with Crippen molar-refractivity contribution in [2.45, 2.75) is 44.2 Å². The van der Waals surface area contributed by atoms with Gasteiger partial charge in [0.25, 0.3) is 0 Å². The van der Waals surface area contributed by atoms with Crippen molar-refractivity contribution < 1.29 is 22.0 Å². The molecule has 1 fully saturated rings. The number of fused-ring (bicyclic) bond motifs is 1. The highest BCUT2D eigenvalue weighted by Crippen LogP contribution is 2.40. The molecule has 9 heteroatoms. The Kier molecular flexibility index (Phi) is 4.52. The van der Waals surface area contributed by atoms with E-state index < -0.39 is 17.8 Å². The topological polar surface area (TPSA) is 41.1 Å². The van der Waals surface area contributed by atoms with Gasteiger partial charge in [-0.1, -0.05) is 0 Å². The summed E-state index contributed by atoms with van der Waals surface area (Å²) < 4.78 is 68.3. The van der Waals surface area contributed by atoms with Gasteiger partial charge in [0, 0.05) is 25.1 Å². The normalized spacial score (nSPS) is 18.4. The fourth-order valence-electron chi connectivity index (χ4n) is 3.20. The number of alkyl halides is 5. The first kappa shape index (κ1) is 18.1. The Morgan fingerprint density at radius 1 is 1.32 bits per heavy atom. The Balaban J connectivity index is 2.03. The third-order valence-electron chi connectivity index (χ3n) is 4.52. The fourth-order valence-corrected chi connectivity index (χ4v) is 3.61. The van der Waals surface area contributed by atoms with Crippen LogP contribution in [0.25, 0.3) is 5.65 Å². The first-order valence-corrected chi connectivity index (χ1v) is 8.45.